The fourth-order valence-electron chi connectivity index (χ4n) is 1.64. The lowest BCUT2D eigenvalue weighted by atomic mass is 10.1. The number of carbonyl (C=O) groups excluding carboxylic acids is 1. The van der Waals surface area contributed by atoms with Gasteiger partial charge in [0, 0.05) is 18.1 Å². The zero-order chi connectivity index (χ0) is 14.5. The molecule has 1 rings (SSSR count). The van der Waals surface area contributed by atoms with E-state index in [-0.39, 0.29) is 19.1 Å². The second kappa shape index (κ2) is 6.78. The topological polar surface area (TPSA) is 49.8 Å². The number of carbonyl (C=O) groups is 1. The first-order chi connectivity index (χ1) is 8.81. The van der Waals surface area contributed by atoms with Crippen LogP contribution in [0.5, 0.6) is 5.75 Å². The van der Waals surface area contributed by atoms with E-state index in [0.717, 1.165) is 0 Å². The van der Waals surface area contributed by atoms with Crippen molar-refractivity contribution in [2.75, 3.05) is 19.7 Å². The molecule has 1 aromatic rings. The molecule has 0 atom stereocenters. The molecule has 0 saturated heterocycles. The molecule has 106 valence electrons. The smallest absolute Gasteiger partial charge is 0.260 e. The third-order valence-electron chi connectivity index (χ3n) is 2.47. The zero-order valence-electron chi connectivity index (χ0n) is 11.5. The Bertz CT molecular complexity index is 429. The van der Waals surface area contributed by atoms with Crippen molar-refractivity contribution in [3.05, 3.63) is 29.3 Å². The lowest BCUT2D eigenvalue weighted by Gasteiger charge is -2.28. The predicted octanol–water partition coefficient (Wildman–Crippen LogP) is 2.34. The van der Waals surface area contributed by atoms with Gasteiger partial charge in [0.1, 0.15) is 5.75 Å². The molecule has 1 aromatic carbocycles. The Morgan fingerprint density at radius 2 is 2.16 bits per heavy atom. The maximum Gasteiger partial charge on any atom is 0.260 e. The zero-order valence-corrected chi connectivity index (χ0v) is 12.3. The van der Waals surface area contributed by atoms with Gasteiger partial charge >= 0.3 is 0 Å². The Morgan fingerprint density at radius 3 is 2.68 bits per heavy atom. The van der Waals surface area contributed by atoms with Gasteiger partial charge in [-0.25, -0.2) is 0 Å². The van der Waals surface area contributed by atoms with E-state index >= 15 is 0 Å². The van der Waals surface area contributed by atoms with E-state index in [9.17, 15) is 9.90 Å². The van der Waals surface area contributed by atoms with Crippen LogP contribution in [-0.4, -0.2) is 41.2 Å². The standard InChI is InChI=1S/C14H20ClNO3/c1-4-16(10-14(2,3)18)13(17)9-19-12-7-5-6-11(15)8-12/h5-8,18H,4,9-10H2,1-3H3. The largest absolute Gasteiger partial charge is 0.484 e. The quantitative estimate of drug-likeness (QED) is 0.873. The molecule has 5 heteroatoms. The van der Waals surface area contributed by atoms with Gasteiger partial charge in [-0.2, -0.15) is 0 Å². The van der Waals surface area contributed by atoms with Crippen molar-refractivity contribution in [3.8, 4) is 5.75 Å². The van der Waals surface area contributed by atoms with Gasteiger partial charge in [0.25, 0.3) is 5.91 Å². The number of nitrogens with zero attached hydrogens (tertiary/aromatic N) is 1. The van der Waals surface area contributed by atoms with Crippen LogP contribution >= 0.6 is 11.6 Å². The highest BCUT2D eigenvalue weighted by Gasteiger charge is 2.21. The van der Waals surface area contributed by atoms with Crippen LogP contribution in [0.2, 0.25) is 5.02 Å². The van der Waals surface area contributed by atoms with Crippen LogP contribution in [-0.2, 0) is 4.79 Å². The lowest BCUT2D eigenvalue weighted by molar-refractivity contribution is -0.136. The number of benzene rings is 1. The first kappa shape index (κ1) is 15.8. The summed E-state index contributed by atoms with van der Waals surface area (Å²) in [6.45, 7) is 5.94. The molecule has 1 amide bonds. The Labute approximate surface area is 118 Å². The average Bonchev–Trinajstić information content (AvgIpc) is 2.32. The van der Waals surface area contributed by atoms with Gasteiger partial charge in [0.05, 0.1) is 5.60 Å². The fourth-order valence-corrected chi connectivity index (χ4v) is 1.82. The molecule has 0 spiro atoms. The summed E-state index contributed by atoms with van der Waals surface area (Å²) in [4.78, 5) is 13.5. The second-order valence-corrected chi connectivity index (χ2v) is 5.40. The highest BCUT2D eigenvalue weighted by Crippen LogP contribution is 2.17. The summed E-state index contributed by atoms with van der Waals surface area (Å²) >= 11 is 5.83. The molecule has 0 fully saturated rings. The van der Waals surface area contributed by atoms with Crippen molar-refractivity contribution in [3.63, 3.8) is 0 Å². The van der Waals surface area contributed by atoms with Crippen molar-refractivity contribution >= 4 is 17.5 Å². The van der Waals surface area contributed by atoms with Crippen LogP contribution in [0, 0.1) is 0 Å². The second-order valence-electron chi connectivity index (χ2n) is 4.97. The molecule has 0 aliphatic rings. The van der Waals surface area contributed by atoms with Gasteiger partial charge in [-0.15, -0.1) is 0 Å². The minimum Gasteiger partial charge on any atom is -0.484 e. The monoisotopic (exact) mass is 285 g/mol. The summed E-state index contributed by atoms with van der Waals surface area (Å²) in [6.07, 6.45) is 0. The molecule has 0 aromatic heterocycles. The number of rotatable bonds is 6. The van der Waals surface area contributed by atoms with E-state index < -0.39 is 5.60 Å². The fraction of sp³-hybridized carbons (Fsp3) is 0.500. The van der Waals surface area contributed by atoms with Gasteiger partial charge in [-0.05, 0) is 39.0 Å². The van der Waals surface area contributed by atoms with Gasteiger partial charge in [0.2, 0.25) is 0 Å². The van der Waals surface area contributed by atoms with E-state index in [0.29, 0.717) is 17.3 Å². The van der Waals surface area contributed by atoms with Crippen LogP contribution in [0.4, 0.5) is 0 Å². The van der Waals surface area contributed by atoms with E-state index in [1.54, 1.807) is 43.0 Å². The summed E-state index contributed by atoms with van der Waals surface area (Å²) in [5.41, 5.74) is -0.915. The molecular formula is C14H20ClNO3. The van der Waals surface area contributed by atoms with Crippen molar-refractivity contribution in [1.82, 2.24) is 4.90 Å². The van der Waals surface area contributed by atoms with Crippen molar-refractivity contribution in [2.45, 2.75) is 26.4 Å². The number of amides is 1. The van der Waals surface area contributed by atoms with E-state index in [2.05, 4.69) is 0 Å². The molecule has 19 heavy (non-hydrogen) atoms. The number of hydrogen-bond donors (Lipinski definition) is 1. The summed E-state index contributed by atoms with van der Waals surface area (Å²) in [5, 5.41) is 10.3. The van der Waals surface area contributed by atoms with E-state index in [1.165, 1.54) is 0 Å². The molecule has 0 unspecified atom stereocenters. The van der Waals surface area contributed by atoms with E-state index in [4.69, 9.17) is 16.3 Å². The molecule has 0 radical (unpaired) electrons. The minimum absolute atomic E-state index is 0.0652. The van der Waals surface area contributed by atoms with E-state index in [1.807, 2.05) is 6.92 Å². The Kier molecular flexibility index (Phi) is 5.63. The number of hydrogen-bond acceptors (Lipinski definition) is 3. The van der Waals surface area contributed by atoms with Gasteiger partial charge < -0.3 is 14.7 Å². The molecule has 1 N–H and O–H groups in total. The summed E-state index contributed by atoms with van der Waals surface area (Å²) < 4.78 is 5.39. The number of ether oxygens (including phenoxy) is 1. The highest BCUT2D eigenvalue weighted by molar-refractivity contribution is 6.30. The maximum absolute atomic E-state index is 12.0. The third kappa shape index (κ3) is 5.94. The predicted molar refractivity (Wildman–Crippen MR) is 75.5 cm³/mol. The minimum atomic E-state index is -0.915. The van der Waals surface area contributed by atoms with Gasteiger partial charge in [0.15, 0.2) is 6.61 Å². The van der Waals surface area contributed by atoms with Gasteiger partial charge in [-0.1, -0.05) is 17.7 Å². The Morgan fingerprint density at radius 1 is 1.47 bits per heavy atom. The molecule has 0 aliphatic carbocycles. The van der Waals surface area contributed by atoms with Crippen LogP contribution in [0.3, 0.4) is 0 Å². The summed E-state index contributed by atoms with van der Waals surface area (Å²) in [6, 6.07) is 6.89. The summed E-state index contributed by atoms with van der Waals surface area (Å²) in [5.74, 6) is 0.393. The molecule has 4 nitrogen and oxygen atoms in total. The van der Waals surface area contributed by atoms with Crippen LogP contribution in [0.1, 0.15) is 20.8 Å². The number of likely N-dealkylation sites (N-methyl/N-ethyl adjacent to an activating group) is 1. The lowest BCUT2D eigenvalue weighted by Crippen LogP contribution is -2.44. The molecule has 0 bridgehead atoms. The molecule has 0 saturated carbocycles. The van der Waals surface area contributed by atoms with Crippen LogP contribution < -0.4 is 4.74 Å². The van der Waals surface area contributed by atoms with Crippen molar-refractivity contribution in [2.24, 2.45) is 0 Å². The van der Waals surface area contributed by atoms with Crippen LogP contribution in [0.25, 0.3) is 0 Å². The normalized spacial score (nSPS) is 11.2. The Balaban J connectivity index is 2.54. The molecule has 0 heterocycles. The Hall–Kier alpha value is -1.26. The molecular weight excluding hydrogens is 266 g/mol. The number of aliphatic hydroxyl groups is 1. The highest BCUT2D eigenvalue weighted by atomic mass is 35.5. The summed E-state index contributed by atoms with van der Waals surface area (Å²) in [7, 11) is 0. The third-order valence-corrected chi connectivity index (χ3v) is 2.71. The van der Waals surface area contributed by atoms with Crippen LogP contribution in [0.15, 0.2) is 24.3 Å². The SMILES string of the molecule is CCN(CC(C)(C)O)C(=O)COc1cccc(Cl)c1. The van der Waals surface area contributed by atoms with Crippen molar-refractivity contribution < 1.29 is 14.6 Å². The first-order valence-electron chi connectivity index (χ1n) is 6.20. The van der Waals surface area contributed by atoms with Gasteiger partial charge in [-0.3, -0.25) is 4.79 Å². The first-order valence-corrected chi connectivity index (χ1v) is 6.58. The number of halogens is 1. The maximum atomic E-state index is 12.0. The van der Waals surface area contributed by atoms with Crippen molar-refractivity contribution in [1.29, 1.82) is 0 Å². The average molecular weight is 286 g/mol. The molecule has 0 aliphatic heterocycles.